The predicted octanol–water partition coefficient (Wildman–Crippen LogP) is 2.80. The number of hydrogen-bond donors (Lipinski definition) is 3. The number of carboxylic acid groups (broad SMARTS) is 1. The number of aliphatic carboxylic acids is 1. The number of thioether (sulfide) groups is 1. The van der Waals surface area contributed by atoms with Gasteiger partial charge in [0.1, 0.15) is 35.5 Å². The largest absolute Gasteiger partial charge is 0.477 e. The van der Waals surface area contributed by atoms with E-state index in [0.717, 1.165) is 16.2 Å². The highest BCUT2D eigenvalue weighted by Crippen LogP contribution is 2.44. The lowest BCUT2D eigenvalue weighted by Crippen LogP contribution is -2.71. The first-order chi connectivity index (χ1) is 17.5. The zero-order valence-electron chi connectivity index (χ0n) is 20.1. The van der Waals surface area contributed by atoms with E-state index in [0.29, 0.717) is 11.3 Å². The summed E-state index contributed by atoms with van der Waals surface area (Å²) in [5.41, 5.74) is -0.314. The summed E-state index contributed by atoms with van der Waals surface area (Å²) in [7, 11) is 1.25. The van der Waals surface area contributed by atoms with Crippen LogP contribution in [0.25, 0.3) is 5.57 Å². The molecule has 0 radical (unpaired) electrons. The highest BCUT2D eigenvalue weighted by Gasteiger charge is 2.54. The number of hydrogen-bond acceptors (Lipinski definition) is 11. The number of thiazole rings is 1. The summed E-state index contributed by atoms with van der Waals surface area (Å²) in [5.74, 6) is -2.12. The molecule has 196 valence electrons. The monoisotopic (exact) mass is 565 g/mol. The highest BCUT2D eigenvalue weighted by atomic mass is 32.2. The van der Waals surface area contributed by atoms with Crippen LogP contribution in [0.5, 0.6) is 0 Å². The third-order valence-electron chi connectivity index (χ3n) is 5.03. The maximum Gasteiger partial charge on any atom is 0.413 e. The highest BCUT2D eigenvalue weighted by molar-refractivity contribution is 8.00. The van der Waals surface area contributed by atoms with Crippen LogP contribution in [0, 0.1) is 0 Å². The van der Waals surface area contributed by atoms with E-state index < -0.39 is 40.9 Å². The van der Waals surface area contributed by atoms with Crippen molar-refractivity contribution in [2.75, 3.05) is 18.2 Å². The van der Waals surface area contributed by atoms with E-state index in [2.05, 4.69) is 20.8 Å². The van der Waals surface area contributed by atoms with Crippen molar-refractivity contribution in [1.82, 2.24) is 15.2 Å². The van der Waals surface area contributed by atoms with Gasteiger partial charge in [-0.2, -0.15) is 0 Å². The van der Waals surface area contributed by atoms with E-state index in [1.54, 1.807) is 26.8 Å². The van der Waals surface area contributed by atoms with E-state index in [1.807, 2.05) is 11.4 Å². The zero-order chi connectivity index (χ0) is 26.9. The van der Waals surface area contributed by atoms with Crippen LogP contribution < -0.4 is 10.6 Å². The third-order valence-corrected chi connectivity index (χ3v) is 8.00. The van der Waals surface area contributed by atoms with Crippen molar-refractivity contribution in [2.45, 2.75) is 37.8 Å². The van der Waals surface area contributed by atoms with Crippen LogP contribution in [-0.4, -0.2) is 74.5 Å². The van der Waals surface area contributed by atoms with Crippen LogP contribution in [0.4, 0.5) is 9.93 Å². The Bertz CT molecular complexity index is 1300. The first-order valence-corrected chi connectivity index (χ1v) is 13.6. The summed E-state index contributed by atoms with van der Waals surface area (Å²) in [5, 5.41) is 21.6. The van der Waals surface area contributed by atoms with Crippen molar-refractivity contribution in [2.24, 2.45) is 5.16 Å². The van der Waals surface area contributed by atoms with E-state index in [4.69, 9.17) is 9.57 Å². The van der Waals surface area contributed by atoms with Crippen LogP contribution >= 0.6 is 34.4 Å². The molecule has 2 aliphatic heterocycles. The Morgan fingerprint density at radius 3 is 2.65 bits per heavy atom. The molecule has 2 aliphatic rings. The maximum atomic E-state index is 13.1. The minimum absolute atomic E-state index is 0.0789. The number of nitrogens with one attached hydrogen (secondary N) is 2. The molecule has 2 aromatic rings. The minimum atomic E-state index is -1.21. The molecule has 3 N–H and O–H groups in total. The fourth-order valence-corrected chi connectivity index (χ4v) is 6.50. The molecule has 1 fully saturated rings. The molecule has 0 bridgehead atoms. The van der Waals surface area contributed by atoms with Gasteiger partial charge in [-0.05, 0) is 32.2 Å². The van der Waals surface area contributed by atoms with Gasteiger partial charge >= 0.3 is 12.1 Å². The number of anilines is 1. The number of nitrogens with zero attached hydrogens (tertiary/aromatic N) is 3. The number of fused-ring (bicyclic) bond motifs is 1. The lowest BCUT2D eigenvalue weighted by atomic mass is 10.0. The molecule has 4 rings (SSSR count). The van der Waals surface area contributed by atoms with Crippen molar-refractivity contribution in [1.29, 1.82) is 0 Å². The van der Waals surface area contributed by atoms with Crippen LogP contribution in [0.2, 0.25) is 0 Å². The van der Waals surface area contributed by atoms with Gasteiger partial charge in [0.25, 0.3) is 11.8 Å². The van der Waals surface area contributed by atoms with Gasteiger partial charge in [-0.1, -0.05) is 11.2 Å². The Morgan fingerprint density at radius 1 is 1.27 bits per heavy atom. The molecular weight excluding hydrogens is 542 g/mol. The van der Waals surface area contributed by atoms with Crippen LogP contribution in [0.1, 0.15) is 31.3 Å². The second-order valence-corrected chi connectivity index (χ2v) is 11.7. The standard InChI is InChI=1S/C22H23N5O7S3/c1-22(2,3)34-21(32)25-20-23-11(9-37-20)13(26-33-4)16(28)24-14-17(29)27-15(19(30)31)10(8-36-18(14)27)12-6-5-7-35-12/h5-7,9,14,18H,8H2,1-4H3,(H,24,28)(H,30,31)(H,23,25,32)/t14-,18+/m1/s1. The molecule has 0 saturated carbocycles. The predicted molar refractivity (Wildman–Crippen MR) is 139 cm³/mol. The Hall–Kier alpha value is -3.43. The molecule has 0 unspecified atom stereocenters. The number of carbonyl (C=O) groups excluding carboxylic acids is 3. The number of aromatic nitrogens is 1. The number of ether oxygens (including phenoxy) is 1. The van der Waals surface area contributed by atoms with Crippen molar-refractivity contribution in [3.8, 4) is 0 Å². The number of amides is 3. The fraction of sp³-hybridized carbons (Fsp3) is 0.364. The molecule has 3 amide bonds. The number of carboxylic acids is 1. The maximum absolute atomic E-state index is 13.1. The first kappa shape index (κ1) is 26.6. The molecule has 37 heavy (non-hydrogen) atoms. The second-order valence-electron chi connectivity index (χ2n) is 8.76. The zero-order valence-corrected chi connectivity index (χ0v) is 22.6. The number of oxime groups is 1. The van der Waals surface area contributed by atoms with Gasteiger partial charge in [0.15, 0.2) is 10.8 Å². The summed E-state index contributed by atoms with van der Waals surface area (Å²) < 4.78 is 5.19. The van der Waals surface area contributed by atoms with Crippen molar-refractivity contribution in [3.63, 3.8) is 0 Å². The van der Waals surface area contributed by atoms with E-state index >= 15 is 0 Å². The second kappa shape index (κ2) is 10.5. The molecule has 0 aromatic carbocycles. The summed E-state index contributed by atoms with van der Waals surface area (Å²) >= 11 is 3.80. The lowest BCUT2D eigenvalue weighted by Gasteiger charge is -2.49. The van der Waals surface area contributed by atoms with Crippen molar-refractivity contribution < 1.29 is 33.9 Å². The van der Waals surface area contributed by atoms with Gasteiger partial charge in [-0.3, -0.25) is 19.8 Å². The molecule has 15 heteroatoms. The quantitative estimate of drug-likeness (QED) is 0.261. The molecule has 0 spiro atoms. The average molecular weight is 566 g/mol. The van der Waals surface area contributed by atoms with Crippen LogP contribution in [-0.2, 0) is 24.0 Å². The topological polar surface area (TPSA) is 160 Å². The molecule has 2 atom stereocenters. The Labute approximate surface area is 223 Å². The van der Waals surface area contributed by atoms with E-state index in [-0.39, 0.29) is 22.2 Å². The number of rotatable bonds is 7. The number of carbonyl (C=O) groups is 4. The Balaban J connectivity index is 1.48. The van der Waals surface area contributed by atoms with Gasteiger partial charge < -0.3 is 20.0 Å². The van der Waals surface area contributed by atoms with Gasteiger partial charge in [-0.15, -0.1) is 34.4 Å². The molecule has 4 heterocycles. The minimum Gasteiger partial charge on any atom is -0.477 e. The SMILES string of the molecule is CON=C(C(=O)N[C@@H]1C(=O)N2C(C(=O)O)=C(c3cccs3)CS[C@@H]12)c1csc(NC(=O)OC(C)(C)C)n1. The smallest absolute Gasteiger partial charge is 0.413 e. The summed E-state index contributed by atoms with van der Waals surface area (Å²) in [6.07, 6.45) is -0.707. The summed E-state index contributed by atoms with van der Waals surface area (Å²) in [6.45, 7) is 5.16. The average Bonchev–Trinajstić information content (AvgIpc) is 3.51. The van der Waals surface area contributed by atoms with Crippen LogP contribution in [0.15, 0.2) is 33.7 Å². The summed E-state index contributed by atoms with van der Waals surface area (Å²) in [6, 6.07) is 2.66. The van der Waals surface area contributed by atoms with Gasteiger partial charge in [0.2, 0.25) is 0 Å². The third kappa shape index (κ3) is 5.62. The lowest BCUT2D eigenvalue weighted by molar-refractivity contribution is -0.149. The number of thiophene rings is 1. The van der Waals surface area contributed by atoms with E-state index in [1.165, 1.54) is 40.5 Å². The van der Waals surface area contributed by atoms with Gasteiger partial charge in [-0.25, -0.2) is 14.6 Å². The summed E-state index contributed by atoms with van der Waals surface area (Å²) in [4.78, 5) is 61.1. The number of β-lactam (4-membered cyclic amide) rings is 1. The van der Waals surface area contributed by atoms with E-state index in [9.17, 15) is 24.3 Å². The fourth-order valence-electron chi connectivity index (χ4n) is 3.59. The molecule has 12 nitrogen and oxygen atoms in total. The van der Waals surface area contributed by atoms with Gasteiger partial charge in [0.05, 0.1) is 0 Å². The van der Waals surface area contributed by atoms with Gasteiger partial charge in [0, 0.05) is 21.6 Å². The Kier molecular flexibility index (Phi) is 7.57. The van der Waals surface area contributed by atoms with Crippen molar-refractivity contribution >= 4 is 74.7 Å². The molecule has 2 aromatic heterocycles. The first-order valence-electron chi connectivity index (χ1n) is 10.8. The van der Waals surface area contributed by atoms with Crippen molar-refractivity contribution in [3.05, 3.63) is 39.2 Å². The van der Waals surface area contributed by atoms with Crippen LogP contribution in [0.3, 0.4) is 0 Å². The molecular formula is C22H23N5O7S3. The molecule has 0 aliphatic carbocycles. The Morgan fingerprint density at radius 2 is 2.03 bits per heavy atom. The normalized spacial score (nSPS) is 19.6. The molecule has 1 saturated heterocycles.